The van der Waals surface area contributed by atoms with Gasteiger partial charge in [-0.15, -0.1) is 0 Å². The van der Waals surface area contributed by atoms with Crippen molar-refractivity contribution in [3.8, 4) is 0 Å². The number of aromatic nitrogens is 2. The second-order valence-corrected chi connectivity index (χ2v) is 6.64. The van der Waals surface area contributed by atoms with Gasteiger partial charge in [0.05, 0.1) is 25.5 Å². The molecule has 1 aromatic rings. The summed E-state index contributed by atoms with van der Waals surface area (Å²) in [6.07, 6.45) is 7.80. The fourth-order valence-electron chi connectivity index (χ4n) is 3.52. The summed E-state index contributed by atoms with van der Waals surface area (Å²) in [5.74, 6) is 0.370. The van der Waals surface area contributed by atoms with Crippen LogP contribution in [0.15, 0.2) is 12.4 Å². The van der Waals surface area contributed by atoms with Crippen LogP contribution in [0.4, 0.5) is 0 Å². The first-order valence-electron chi connectivity index (χ1n) is 8.27. The average molecular weight is 306 g/mol. The highest BCUT2D eigenvalue weighted by molar-refractivity contribution is 5.79. The Labute approximate surface area is 131 Å². The van der Waals surface area contributed by atoms with Crippen molar-refractivity contribution in [2.45, 2.75) is 51.3 Å². The van der Waals surface area contributed by atoms with E-state index in [4.69, 9.17) is 10.5 Å². The topological polar surface area (TPSA) is 73.4 Å². The van der Waals surface area contributed by atoms with Crippen LogP contribution in [0.3, 0.4) is 0 Å². The summed E-state index contributed by atoms with van der Waals surface area (Å²) in [4.78, 5) is 14.7. The Hall–Kier alpha value is -1.40. The van der Waals surface area contributed by atoms with E-state index in [1.807, 2.05) is 28.9 Å². The van der Waals surface area contributed by atoms with E-state index in [2.05, 4.69) is 5.10 Å². The van der Waals surface area contributed by atoms with Crippen molar-refractivity contribution in [1.82, 2.24) is 14.7 Å². The Bertz CT molecular complexity index is 516. The van der Waals surface area contributed by atoms with E-state index in [-0.39, 0.29) is 24.0 Å². The predicted octanol–water partition coefficient (Wildman–Crippen LogP) is 0.936. The van der Waals surface area contributed by atoms with Crippen molar-refractivity contribution in [3.05, 3.63) is 18.0 Å². The third kappa shape index (κ3) is 3.67. The second-order valence-electron chi connectivity index (χ2n) is 6.64. The molecule has 2 aliphatic rings. The zero-order valence-electron chi connectivity index (χ0n) is 13.3. The van der Waals surface area contributed by atoms with Crippen LogP contribution >= 0.6 is 0 Å². The third-order valence-electron chi connectivity index (χ3n) is 4.67. The lowest BCUT2D eigenvalue weighted by Crippen LogP contribution is -2.50. The molecule has 0 radical (unpaired) electrons. The molecule has 1 aliphatic carbocycles. The predicted molar refractivity (Wildman–Crippen MR) is 83.2 cm³/mol. The molecule has 0 bridgehead atoms. The number of amides is 1. The molecule has 2 heterocycles. The normalized spacial score (nSPS) is 29.5. The van der Waals surface area contributed by atoms with Crippen molar-refractivity contribution >= 4 is 5.91 Å². The van der Waals surface area contributed by atoms with Gasteiger partial charge in [0, 0.05) is 31.2 Å². The molecule has 0 spiro atoms. The second kappa shape index (κ2) is 6.79. The SMILES string of the molecule is Cc1cnn(CC2CN(C(=O)C3CCCC(N)C3)CCO2)c1. The molecule has 2 N–H and O–H groups in total. The van der Waals surface area contributed by atoms with Crippen LogP contribution in [0.1, 0.15) is 31.2 Å². The first-order chi connectivity index (χ1) is 10.6. The third-order valence-corrected chi connectivity index (χ3v) is 4.67. The van der Waals surface area contributed by atoms with Gasteiger partial charge in [0.1, 0.15) is 0 Å². The van der Waals surface area contributed by atoms with Gasteiger partial charge in [0.2, 0.25) is 5.91 Å². The van der Waals surface area contributed by atoms with Gasteiger partial charge in [0.15, 0.2) is 0 Å². The van der Waals surface area contributed by atoms with E-state index < -0.39 is 0 Å². The van der Waals surface area contributed by atoms with Crippen LogP contribution in [-0.2, 0) is 16.1 Å². The lowest BCUT2D eigenvalue weighted by molar-refractivity contribution is -0.144. The summed E-state index contributed by atoms with van der Waals surface area (Å²) in [5, 5.41) is 4.30. The highest BCUT2D eigenvalue weighted by atomic mass is 16.5. The van der Waals surface area contributed by atoms with Gasteiger partial charge in [-0.1, -0.05) is 6.42 Å². The van der Waals surface area contributed by atoms with Crippen LogP contribution in [0.25, 0.3) is 0 Å². The maximum absolute atomic E-state index is 12.7. The minimum atomic E-state index is 0.0225. The number of hydrogen-bond donors (Lipinski definition) is 1. The van der Waals surface area contributed by atoms with Crippen molar-refractivity contribution in [2.75, 3.05) is 19.7 Å². The molecule has 1 aromatic heterocycles. The smallest absolute Gasteiger partial charge is 0.225 e. The molecule has 1 aliphatic heterocycles. The molecule has 6 nitrogen and oxygen atoms in total. The van der Waals surface area contributed by atoms with Gasteiger partial charge in [0.25, 0.3) is 0 Å². The molecule has 122 valence electrons. The quantitative estimate of drug-likeness (QED) is 0.902. The van der Waals surface area contributed by atoms with E-state index in [0.29, 0.717) is 26.2 Å². The van der Waals surface area contributed by atoms with Gasteiger partial charge < -0.3 is 15.4 Å². The van der Waals surface area contributed by atoms with Crippen molar-refractivity contribution in [3.63, 3.8) is 0 Å². The maximum Gasteiger partial charge on any atom is 0.225 e. The number of nitrogens with zero attached hydrogens (tertiary/aromatic N) is 3. The van der Waals surface area contributed by atoms with Crippen LogP contribution in [0, 0.1) is 12.8 Å². The standard InChI is InChI=1S/C16H26N4O2/c1-12-8-18-20(9-12)11-15-10-19(5-6-22-15)16(21)13-3-2-4-14(17)7-13/h8-9,13-15H,2-7,10-11,17H2,1H3. The zero-order chi connectivity index (χ0) is 15.5. The van der Waals surface area contributed by atoms with E-state index in [1.54, 1.807) is 0 Å². The van der Waals surface area contributed by atoms with Crippen LogP contribution < -0.4 is 5.73 Å². The number of rotatable bonds is 3. The molecule has 1 amide bonds. The Kier molecular flexibility index (Phi) is 4.78. The van der Waals surface area contributed by atoms with Gasteiger partial charge in [-0.3, -0.25) is 9.48 Å². The van der Waals surface area contributed by atoms with Gasteiger partial charge in [-0.05, 0) is 31.7 Å². The molecule has 2 fully saturated rings. The number of nitrogens with two attached hydrogens (primary N) is 1. The number of ether oxygens (including phenoxy) is 1. The Morgan fingerprint density at radius 3 is 3.09 bits per heavy atom. The molecule has 1 saturated heterocycles. The number of hydrogen-bond acceptors (Lipinski definition) is 4. The fourth-order valence-corrected chi connectivity index (χ4v) is 3.52. The van der Waals surface area contributed by atoms with E-state index in [1.165, 1.54) is 0 Å². The Morgan fingerprint density at radius 1 is 1.50 bits per heavy atom. The summed E-state index contributed by atoms with van der Waals surface area (Å²) < 4.78 is 7.69. The summed E-state index contributed by atoms with van der Waals surface area (Å²) in [5.41, 5.74) is 7.16. The average Bonchev–Trinajstić information content (AvgIpc) is 2.92. The Morgan fingerprint density at radius 2 is 2.36 bits per heavy atom. The largest absolute Gasteiger partial charge is 0.373 e. The number of carbonyl (C=O) groups is 1. The maximum atomic E-state index is 12.7. The number of aryl methyl sites for hydroxylation is 1. The molecule has 1 saturated carbocycles. The minimum absolute atomic E-state index is 0.0225. The lowest BCUT2D eigenvalue weighted by Gasteiger charge is -2.36. The highest BCUT2D eigenvalue weighted by Crippen LogP contribution is 2.25. The summed E-state index contributed by atoms with van der Waals surface area (Å²) in [7, 11) is 0. The van der Waals surface area contributed by atoms with Gasteiger partial charge in [-0.25, -0.2) is 0 Å². The molecule has 3 atom stereocenters. The summed E-state index contributed by atoms with van der Waals surface area (Å²) in [6.45, 7) is 4.67. The first-order valence-corrected chi connectivity index (χ1v) is 8.27. The lowest BCUT2D eigenvalue weighted by atomic mass is 9.85. The molecular weight excluding hydrogens is 280 g/mol. The molecule has 3 rings (SSSR count). The van der Waals surface area contributed by atoms with Gasteiger partial charge in [-0.2, -0.15) is 5.10 Å². The van der Waals surface area contributed by atoms with Crippen LogP contribution in [0.2, 0.25) is 0 Å². The summed E-state index contributed by atoms with van der Waals surface area (Å²) >= 11 is 0. The zero-order valence-corrected chi connectivity index (χ0v) is 13.3. The monoisotopic (exact) mass is 306 g/mol. The van der Waals surface area contributed by atoms with E-state index >= 15 is 0 Å². The van der Waals surface area contributed by atoms with Crippen molar-refractivity contribution in [1.29, 1.82) is 0 Å². The minimum Gasteiger partial charge on any atom is -0.373 e. The molecule has 6 heteroatoms. The van der Waals surface area contributed by atoms with E-state index in [9.17, 15) is 4.79 Å². The number of morpholine rings is 1. The van der Waals surface area contributed by atoms with Crippen molar-refractivity contribution in [2.24, 2.45) is 11.7 Å². The van der Waals surface area contributed by atoms with Gasteiger partial charge >= 0.3 is 0 Å². The van der Waals surface area contributed by atoms with Crippen LogP contribution in [-0.4, -0.2) is 52.4 Å². The first kappa shape index (κ1) is 15.5. The van der Waals surface area contributed by atoms with Crippen molar-refractivity contribution < 1.29 is 9.53 Å². The number of carbonyl (C=O) groups excluding carboxylic acids is 1. The summed E-state index contributed by atoms with van der Waals surface area (Å²) in [6, 6.07) is 0.187. The molecule has 22 heavy (non-hydrogen) atoms. The molecular formula is C16H26N4O2. The fraction of sp³-hybridized carbons (Fsp3) is 0.750. The highest BCUT2D eigenvalue weighted by Gasteiger charge is 2.32. The molecule has 0 aromatic carbocycles. The van der Waals surface area contributed by atoms with E-state index in [0.717, 1.165) is 31.2 Å². The molecule has 3 unspecified atom stereocenters. The van der Waals surface area contributed by atoms with Crippen LogP contribution in [0.5, 0.6) is 0 Å². The Balaban J connectivity index is 1.56.